The van der Waals surface area contributed by atoms with Gasteiger partial charge in [-0.25, -0.2) is 4.79 Å². The fraction of sp³-hybridized carbons (Fsp3) is 0.636. The maximum Gasteiger partial charge on any atom is 0.327 e. The van der Waals surface area contributed by atoms with Gasteiger partial charge < -0.3 is 9.84 Å². The molecule has 0 radical (unpaired) electrons. The van der Waals surface area contributed by atoms with E-state index in [1.807, 2.05) is 13.8 Å². The number of unbranched alkanes of at least 4 members (excludes halogenated alkanes) is 1. The van der Waals surface area contributed by atoms with Crippen LogP contribution in [0.15, 0.2) is 12.7 Å². The quantitative estimate of drug-likeness (QED) is 0.435. The summed E-state index contributed by atoms with van der Waals surface area (Å²) in [6.45, 7) is 9.29. The zero-order valence-electron chi connectivity index (χ0n) is 9.66. The van der Waals surface area contributed by atoms with Gasteiger partial charge in [0.25, 0.3) is 0 Å². The van der Waals surface area contributed by atoms with Crippen molar-refractivity contribution in [3.8, 4) is 0 Å². The fourth-order valence-electron chi connectivity index (χ4n) is 0.484. The second-order valence-electron chi connectivity index (χ2n) is 3.22. The Bertz CT molecular complexity index is 197. The SMILES string of the molecule is C=CC(=O)O.CCCCOC(=O)C(C)C. The molecule has 0 spiro atoms. The van der Waals surface area contributed by atoms with E-state index in [0.717, 1.165) is 18.9 Å². The van der Waals surface area contributed by atoms with Gasteiger partial charge in [0.2, 0.25) is 0 Å². The van der Waals surface area contributed by atoms with Crippen LogP contribution < -0.4 is 0 Å². The predicted octanol–water partition coefficient (Wildman–Crippen LogP) is 2.24. The first kappa shape index (κ1) is 16.1. The molecule has 88 valence electrons. The average molecular weight is 216 g/mol. The summed E-state index contributed by atoms with van der Waals surface area (Å²) in [5.41, 5.74) is 0. The summed E-state index contributed by atoms with van der Waals surface area (Å²) in [6, 6.07) is 0. The molecular formula is C11H20O4. The molecule has 0 aliphatic carbocycles. The molecule has 0 aromatic heterocycles. The Morgan fingerprint density at radius 2 is 1.93 bits per heavy atom. The van der Waals surface area contributed by atoms with E-state index >= 15 is 0 Å². The van der Waals surface area contributed by atoms with E-state index in [-0.39, 0.29) is 11.9 Å². The minimum atomic E-state index is -0.981. The smallest absolute Gasteiger partial charge is 0.327 e. The fourth-order valence-corrected chi connectivity index (χ4v) is 0.484. The first-order valence-corrected chi connectivity index (χ1v) is 4.97. The molecule has 0 saturated carbocycles. The van der Waals surface area contributed by atoms with Crippen LogP contribution in [0.5, 0.6) is 0 Å². The van der Waals surface area contributed by atoms with Gasteiger partial charge in [0.05, 0.1) is 12.5 Å². The molecule has 0 amide bonds. The van der Waals surface area contributed by atoms with Gasteiger partial charge in [0, 0.05) is 6.08 Å². The van der Waals surface area contributed by atoms with Crippen LogP contribution >= 0.6 is 0 Å². The lowest BCUT2D eigenvalue weighted by molar-refractivity contribution is -0.147. The number of hydrogen-bond acceptors (Lipinski definition) is 3. The molecular weight excluding hydrogens is 196 g/mol. The lowest BCUT2D eigenvalue weighted by Crippen LogP contribution is -2.12. The minimum Gasteiger partial charge on any atom is -0.478 e. The molecule has 0 rings (SSSR count). The van der Waals surface area contributed by atoms with Crippen molar-refractivity contribution in [1.29, 1.82) is 0 Å². The number of carbonyl (C=O) groups excluding carboxylic acids is 1. The lowest BCUT2D eigenvalue weighted by Gasteiger charge is -2.04. The summed E-state index contributed by atoms with van der Waals surface area (Å²) in [4.78, 5) is 20.0. The van der Waals surface area contributed by atoms with Crippen molar-refractivity contribution < 1.29 is 19.4 Å². The third kappa shape index (κ3) is 15.4. The first-order chi connectivity index (χ1) is 6.95. The van der Waals surface area contributed by atoms with Gasteiger partial charge in [-0.15, -0.1) is 0 Å². The van der Waals surface area contributed by atoms with Crippen LogP contribution in [0.25, 0.3) is 0 Å². The molecule has 0 heterocycles. The van der Waals surface area contributed by atoms with Gasteiger partial charge in [-0.3, -0.25) is 4.79 Å². The van der Waals surface area contributed by atoms with Crippen LogP contribution in [0.1, 0.15) is 33.6 Å². The summed E-state index contributed by atoms with van der Waals surface area (Å²) < 4.78 is 4.90. The third-order valence-electron chi connectivity index (χ3n) is 1.39. The number of aliphatic carboxylic acids is 1. The van der Waals surface area contributed by atoms with Crippen LogP contribution in [-0.2, 0) is 14.3 Å². The normalized spacial score (nSPS) is 8.80. The first-order valence-electron chi connectivity index (χ1n) is 4.97. The highest BCUT2D eigenvalue weighted by molar-refractivity contribution is 5.78. The number of carbonyl (C=O) groups is 2. The van der Waals surface area contributed by atoms with Crippen LogP contribution in [0.4, 0.5) is 0 Å². The zero-order chi connectivity index (χ0) is 12.3. The minimum absolute atomic E-state index is 0.0110. The molecule has 0 bridgehead atoms. The molecule has 0 aromatic carbocycles. The second-order valence-corrected chi connectivity index (χ2v) is 3.22. The number of carboxylic acid groups (broad SMARTS) is 1. The van der Waals surface area contributed by atoms with E-state index in [0.29, 0.717) is 6.61 Å². The van der Waals surface area contributed by atoms with Crippen molar-refractivity contribution in [2.24, 2.45) is 5.92 Å². The highest BCUT2D eigenvalue weighted by atomic mass is 16.5. The summed E-state index contributed by atoms with van der Waals surface area (Å²) in [7, 11) is 0. The van der Waals surface area contributed by atoms with E-state index in [4.69, 9.17) is 9.84 Å². The maximum absolute atomic E-state index is 10.8. The molecule has 0 aromatic rings. The van der Waals surface area contributed by atoms with E-state index in [1.54, 1.807) is 0 Å². The topological polar surface area (TPSA) is 63.6 Å². The van der Waals surface area contributed by atoms with Crippen LogP contribution in [0.2, 0.25) is 0 Å². The Morgan fingerprint density at radius 1 is 1.47 bits per heavy atom. The molecule has 0 atom stereocenters. The number of hydrogen-bond donors (Lipinski definition) is 1. The van der Waals surface area contributed by atoms with Crippen molar-refractivity contribution >= 4 is 11.9 Å². The number of esters is 1. The number of carboxylic acids is 1. The number of ether oxygens (including phenoxy) is 1. The van der Waals surface area contributed by atoms with Crippen LogP contribution in [0.3, 0.4) is 0 Å². The Hall–Kier alpha value is -1.32. The van der Waals surface area contributed by atoms with Gasteiger partial charge in [-0.05, 0) is 6.42 Å². The van der Waals surface area contributed by atoms with Gasteiger partial charge in [0.15, 0.2) is 0 Å². The molecule has 0 aliphatic rings. The molecule has 0 aliphatic heterocycles. The molecule has 15 heavy (non-hydrogen) atoms. The maximum atomic E-state index is 10.8. The summed E-state index contributed by atoms with van der Waals surface area (Å²) in [6.07, 6.45) is 2.88. The van der Waals surface area contributed by atoms with E-state index in [9.17, 15) is 9.59 Å². The Morgan fingerprint density at radius 3 is 2.20 bits per heavy atom. The number of rotatable bonds is 5. The van der Waals surface area contributed by atoms with Crippen LogP contribution in [-0.4, -0.2) is 23.7 Å². The monoisotopic (exact) mass is 216 g/mol. The molecule has 1 N–H and O–H groups in total. The highest BCUT2D eigenvalue weighted by Gasteiger charge is 2.06. The van der Waals surface area contributed by atoms with Gasteiger partial charge in [-0.2, -0.15) is 0 Å². The standard InChI is InChI=1S/C8H16O2.C3H4O2/c1-4-5-6-10-8(9)7(2)3;1-2-3(4)5/h7H,4-6H2,1-3H3;2H,1H2,(H,4,5). The summed E-state index contributed by atoms with van der Waals surface area (Å²) in [5, 5.41) is 7.60. The van der Waals surface area contributed by atoms with Gasteiger partial charge in [0.1, 0.15) is 0 Å². The van der Waals surface area contributed by atoms with Crippen molar-refractivity contribution in [1.82, 2.24) is 0 Å². The molecule has 0 saturated heterocycles. The summed E-state index contributed by atoms with van der Waals surface area (Å²) >= 11 is 0. The van der Waals surface area contributed by atoms with E-state index < -0.39 is 5.97 Å². The predicted molar refractivity (Wildman–Crippen MR) is 58.5 cm³/mol. The van der Waals surface area contributed by atoms with Gasteiger partial charge >= 0.3 is 11.9 Å². The zero-order valence-corrected chi connectivity index (χ0v) is 9.66. The van der Waals surface area contributed by atoms with Crippen LogP contribution in [0, 0.1) is 5.92 Å². The molecule has 0 fully saturated rings. The van der Waals surface area contributed by atoms with E-state index in [2.05, 4.69) is 13.5 Å². The van der Waals surface area contributed by atoms with Crippen molar-refractivity contribution in [2.45, 2.75) is 33.6 Å². The molecule has 0 unspecified atom stereocenters. The summed E-state index contributed by atoms with van der Waals surface area (Å²) in [5.74, 6) is -1.06. The Kier molecular flexibility index (Phi) is 11.6. The molecule has 4 nitrogen and oxygen atoms in total. The molecule has 4 heteroatoms. The van der Waals surface area contributed by atoms with Gasteiger partial charge in [-0.1, -0.05) is 33.8 Å². The average Bonchev–Trinajstić information content (AvgIpc) is 2.18. The second kappa shape index (κ2) is 10.8. The van der Waals surface area contributed by atoms with Crippen molar-refractivity contribution in [3.63, 3.8) is 0 Å². The Balaban J connectivity index is 0. The third-order valence-corrected chi connectivity index (χ3v) is 1.39. The van der Waals surface area contributed by atoms with Crippen molar-refractivity contribution in [2.75, 3.05) is 6.61 Å². The Labute approximate surface area is 90.9 Å². The lowest BCUT2D eigenvalue weighted by atomic mass is 10.2. The highest BCUT2D eigenvalue weighted by Crippen LogP contribution is 1.97. The largest absolute Gasteiger partial charge is 0.478 e. The van der Waals surface area contributed by atoms with E-state index in [1.165, 1.54) is 0 Å². The van der Waals surface area contributed by atoms with Crippen molar-refractivity contribution in [3.05, 3.63) is 12.7 Å².